The van der Waals surface area contributed by atoms with E-state index in [-0.39, 0.29) is 12.4 Å². The molecule has 0 unspecified atom stereocenters. The van der Waals surface area contributed by atoms with E-state index in [0.29, 0.717) is 29.3 Å². The second-order valence-electron chi connectivity index (χ2n) is 4.82. The standard InChI is InChI=1S/C15H17ClFNO3/c1-10-12-9-11(16)3-4-13(12)21-14(10)15(19)20-8-7-18(2)6-5-17/h3-4,9H,5-8H2,1-2H3. The predicted octanol–water partition coefficient (Wildman–Crippen LogP) is 3.45. The number of carbonyl (C=O) groups excluding carboxylic acids is 1. The van der Waals surface area contributed by atoms with Crippen molar-refractivity contribution in [2.45, 2.75) is 6.92 Å². The summed E-state index contributed by atoms with van der Waals surface area (Å²) in [6.45, 7) is 2.34. The molecule has 4 nitrogen and oxygen atoms in total. The second kappa shape index (κ2) is 6.91. The number of benzene rings is 1. The van der Waals surface area contributed by atoms with Crippen LogP contribution in [0.25, 0.3) is 11.0 Å². The second-order valence-corrected chi connectivity index (χ2v) is 5.26. The number of halogens is 2. The zero-order valence-corrected chi connectivity index (χ0v) is 12.7. The van der Waals surface area contributed by atoms with Crippen molar-refractivity contribution in [1.82, 2.24) is 4.90 Å². The summed E-state index contributed by atoms with van der Waals surface area (Å²) < 4.78 is 22.8. The molecule has 6 heteroatoms. The van der Waals surface area contributed by atoms with E-state index in [0.717, 1.165) is 5.39 Å². The summed E-state index contributed by atoms with van der Waals surface area (Å²) in [5.41, 5.74) is 1.30. The van der Waals surface area contributed by atoms with Crippen LogP contribution in [0.5, 0.6) is 0 Å². The van der Waals surface area contributed by atoms with Gasteiger partial charge in [-0.2, -0.15) is 0 Å². The maximum atomic E-state index is 12.1. The molecule has 0 aliphatic heterocycles. The molecule has 0 saturated heterocycles. The van der Waals surface area contributed by atoms with E-state index in [2.05, 4.69) is 0 Å². The van der Waals surface area contributed by atoms with Gasteiger partial charge in [-0.15, -0.1) is 0 Å². The number of carbonyl (C=O) groups is 1. The van der Waals surface area contributed by atoms with Gasteiger partial charge in [0, 0.05) is 29.1 Å². The molecule has 2 aromatic rings. The molecule has 0 N–H and O–H groups in total. The lowest BCUT2D eigenvalue weighted by Crippen LogP contribution is -2.26. The highest BCUT2D eigenvalue weighted by molar-refractivity contribution is 6.31. The van der Waals surface area contributed by atoms with E-state index < -0.39 is 12.6 Å². The molecule has 0 aliphatic carbocycles. The molecule has 0 fully saturated rings. The summed E-state index contributed by atoms with van der Waals surface area (Å²) in [5, 5.41) is 1.38. The fourth-order valence-corrected chi connectivity index (χ4v) is 2.18. The molecule has 1 aromatic heterocycles. The van der Waals surface area contributed by atoms with Gasteiger partial charge in [-0.3, -0.25) is 0 Å². The number of furan rings is 1. The Morgan fingerprint density at radius 1 is 1.43 bits per heavy atom. The van der Waals surface area contributed by atoms with E-state index in [1.807, 2.05) is 0 Å². The third kappa shape index (κ3) is 3.74. The molecule has 0 radical (unpaired) electrons. The lowest BCUT2D eigenvalue weighted by atomic mass is 10.1. The van der Waals surface area contributed by atoms with E-state index in [1.165, 1.54) is 0 Å². The van der Waals surface area contributed by atoms with Crippen LogP contribution < -0.4 is 0 Å². The number of aryl methyl sites for hydroxylation is 1. The average Bonchev–Trinajstić information content (AvgIpc) is 2.76. The van der Waals surface area contributed by atoms with Crippen LogP contribution in [0, 0.1) is 6.92 Å². The molecule has 0 amide bonds. The third-order valence-corrected chi connectivity index (χ3v) is 3.49. The topological polar surface area (TPSA) is 42.7 Å². The van der Waals surface area contributed by atoms with Gasteiger partial charge in [-0.25, -0.2) is 9.18 Å². The minimum absolute atomic E-state index is 0.181. The Hall–Kier alpha value is -1.59. The van der Waals surface area contributed by atoms with E-state index in [9.17, 15) is 9.18 Å². The van der Waals surface area contributed by atoms with Crippen molar-refractivity contribution >= 4 is 28.5 Å². The number of hydrogen-bond donors (Lipinski definition) is 0. The van der Waals surface area contributed by atoms with Crippen molar-refractivity contribution in [2.75, 3.05) is 33.4 Å². The largest absolute Gasteiger partial charge is 0.458 e. The summed E-state index contributed by atoms with van der Waals surface area (Å²) in [7, 11) is 1.77. The molecule has 0 saturated carbocycles. The lowest BCUT2D eigenvalue weighted by Gasteiger charge is -2.13. The van der Waals surface area contributed by atoms with Gasteiger partial charge in [-0.05, 0) is 32.2 Å². The maximum absolute atomic E-state index is 12.1. The van der Waals surface area contributed by atoms with Gasteiger partial charge in [0.2, 0.25) is 5.76 Å². The van der Waals surface area contributed by atoms with E-state index >= 15 is 0 Å². The molecule has 2 rings (SSSR count). The molecule has 1 heterocycles. The highest BCUT2D eigenvalue weighted by atomic mass is 35.5. The monoisotopic (exact) mass is 313 g/mol. The van der Waals surface area contributed by atoms with Crippen LogP contribution in [0.1, 0.15) is 16.1 Å². The Morgan fingerprint density at radius 2 is 2.19 bits per heavy atom. The number of esters is 1. The first-order valence-corrected chi connectivity index (χ1v) is 7.01. The summed E-state index contributed by atoms with van der Waals surface area (Å²) in [4.78, 5) is 13.8. The summed E-state index contributed by atoms with van der Waals surface area (Å²) in [6, 6.07) is 5.17. The fraction of sp³-hybridized carbons (Fsp3) is 0.400. The minimum Gasteiger partial charge on any atom is -0.458 e. The zero-order chi connectivity index (χ0) is 15.4. The number of nitrogens with zero attached hydrogens (tertiary/aromatic N) is 1. The van der Waals surface area contributed by atoms with Crippen LogP contribution in [0.15, 0.2) is 22.6 Å². The molecule has 0 bridgehead atoms. The molecular weight excluding hydrogens is 297 g/mol. The highest BCUT2D eigenvalue weighted by Gasteiger charge is 2.19. The summed E-state index contributed by atoms with van der Waals surface area (Å²) in [5.74, 6) is -0.339. The summed E-state index contributed by atoms with van der Waals surface area (Å²) >= 11 is 5.93. The third-order valence-electron chi connectivity index (χ3n) is 3.26. The van der Waals surface area contributed by atoms with Crippen LogP contribution >= 0.6 is 11.6 Å². The zero-order valence-electron chi connectivity index (χ0n) is 12.0. The van der Waals surface area contributed by atoms with E-state index in [1.54, 1.807) is 37.1 Å². The SMILES string of the molecule is Cc1c(C(=O)OCCN(C)CCF)oc2ccc(Cl)cc12. The lowest BCUT2D eigenvalue weighted by molar-refractivity contribution is 0.0437. The predicted molar refractivity (Wildman–Crippen MR) is 79.7 cm³/mol. The minimum atomic E-state index is -0.520. The van der Waals surface area contributed by atoms with Crippen molar-refractivity contribution in [3.63, 3.8) is 0 Å². The van der Waals surface area contributed by atoms with Gasteiger partial charge in [0.25, 0.3) is 0 Å². The maximum Gasteiger partial charge on any atom is 0.374 e. The number of rotatable bonds is 6. The fourth-order valence-electron chi connectivity index (χ4n) is 2.00. The van der Waals surface area contributed by atoms with Crippen LogP contribution in [-0.4, -0.2) is 44.3 Å². The molecule has 1 aromatic carbocycles. The average molecular weight is 314 g/mol. The Labute approximate surface area is 127 Å². The van der Waals surface area contributed by atoms with Crippen molar-refractivity contribution in [1.29, 1.82) is 0 Å². The first kappa shape index (κ1) is 15.8. The van der Waals surface area contributed by atoms with Crippen molar-refractivity contribution < 1.29 is 18.3 Å². The molecule has 0 aliphatic rings. The van der Waals surface area contributed by atoms with Crippen molar-refractivity contribution in [2.24, 2.45) is 0 Å². The Balaban J connectivity index is 2.04. The number of hydrogen-bond acceptors (Lipinski definition) is 4. The first-order valence-electron chi connectivity index (χ1n) is 6.63. The highest BCUT2D eigenvalue weighted by Crippen LogP contribution is 2.28. The number of ether oxygens (including phenoxy) is 1. The quantitative estimate of drug-likeness (QED) is 0.766. The molecule has 114 valence electrons. The number of fused-ring (bicyclic) bond motifs is 1. The van der Waals surface area contributed by atoms with Crippen LogP contribution in [0.3, 0.4) is 0 Å². The Bertz CT molecular complexity index is 641. The molecular formula is C15H17ClFNO3. The van der Waals surface area contributed by atoms with Crippen LogP contribution in [0.4, 0.5) is 4.39 Å². The van der Waals surface area contributed by atoms with Gasteiger partial charge >= 0.3 is 5.97 Å². The smallest absolute Gasteiger partial charge is 0.374 e. The molecule has 21 heavy (non-hydrogen) atoms. The van der Waals surface area contributed by atoms with Gasteiger partial charge in [0.05, 0.1) is 0 Å². The van der Waals surface area contributed by atoms with Crippen LogP contribution in [-0.2, 0) is 4.74 Å². The Morgan fingerprint density at radius 3 is 2.90 bits per heavy atom. The van der Waals surface area contributed by atoms with Gasteiger partial charge in [-0.1, -0.05) is 11.6 Å². The first-order chi connectivity index (χ1) is 10.0. The van der Waals surface area contributed by atoms with E-state index in [4.69, 9.17) is 20.8 Å². The molecule has 0 atom stereocenters. The summed E-state index contributed by atoms with van der Waals surface area (Å²) in [6.07, 6.45) is 0. The van der Waals surface area contributed by atoms with Crippen molar-refractivity contribution in [3.8, 4) is 0 Å². The number of likely N-dealkylation sites (N-methyl/N-ethyl adjacent to an activating group) is 1. The molecule has 0 spiro atoms. The van der Waals surface area contributed by atoms with Gasteiger partial charge in [0.1, 0.15) is 18.9 Å². The normalized spacial score (nSPS) is 11.3. The van der Waals surface area contributed by atoms with Gasteiger partial charge < -0.3 is 14.1 Å². The number of alkyl halides is 1. The van der Waals surface area contributed by atoms with Crippen molar-refractivity contribution in [3.05, 3.63) is 34.5 Å². The van der Waals surface area contributed by atoms with Crippen LogP contribution in [0.2, 0.25) is 5.02 Å². The Kier molecular flexibility index (Phi) is 5.20. The van der Waals surface area contributed by atoms with Gasteiger partial charge in [0.15, 0.2) is 0 Å².